The van der Waals surface area contributed by atoms with E-state index < -0.39 is 10.0 Å². The van der Waals surface area contributed by atoms with E-state index in [1.807, 2.05) is 12.1 Å². The molecule has 118 valence electrons. The maximum atomic E-state index is 11.3. The number of hydrogen-bond donors (Lipinski definition) is 2. The highest BCUT2D eigenvalue weighted by molar-refractivity contribution is 7.89. The van der Waals surface area contributed by atoms with Crippen LogP contribution in [-0.4, -0.2) is 14.5 Å². The molecule has 0 aromatic heterocycles. The van der Waals surface area contributed by atoms with Crippen molar-refractivity contribution in [2.24, 2.45) is 5.14 Å². The fourth-order valence-corrected chi connectivity index (χ4v) is 3.53. The molecule has 0 heterocycles. The van der Waals surface area contributed by atoms with Gasteiger partial charge in [0, 0.05) is 12.1 Å². The van der Waals surface area contributed by atoms with Crippen molar-refractivity contribution in [2.75, 3.05) is 0 Å². The largest absolute Gasteiger partial charge is 0.307 e. The van der Waals surface area contributed by atoms with E-state index in [0.29, 0.717) is 6.04 Å². The standard InChI is InChI=1S/C16H26N2O2S/c1-13(18-15-7-5-3-2-4-6-8-15)14-9-11-16(12-10-14)21(17,19)20/h9-13,15,18H,2-8H2,1H3,(H2,17,19,20). The van der Waals surface area contributed by atoms with Gasteiger partial charge in [0.1, 0.15) is 0 Å². The average molecular weight is 310 g/mol. The molecule has 5 heteroatoms. The minimum Gasteiger partial charge on any atom is -0.307 e. The fourth-order valence-electron chi connectivity index (χ4n) is 3.02. The Kier molecular flexibility index (Phi) is 5.79. The predicted octanol–water partition coefficient (Wildman–Crippen LogP) is 3.10. The summed E-state index contributed by atoms with van der Waals surface area (Å²) in [6, 6.07) is 7.66. The van der Waals surface area contributed by atoms with Crippen LogP contribution in [0.2, 0.25) is 0 Å². The van der Waals surface area contributed by atoms with Crippen LogP contribution in [0.25, 0.3) is 0 Å². The number of primary sulfonamides is 1. The Morgan fingerprint density at radius 1 is 1.05 bits per heavy atom. The third-order valence-corrected chi connectivity index (χ3v) is 5.23. The number of benzene rings is 1. The average Bonchev–Trinajstić information content (AvgIpc) is 2.41. The molecule has 1 fully saturated rings. The molecule has 0 bridgehead atoms. The summed E-state index contributed by atoms with van der Waals surface area (Å²) >= 11 is 0. The second-order valence-electron chi connectivity index (χ2n) is 6.04. The van der Waals surface area contributed by atoms with E-state index >= 15 is 0 Å². The van der Waals surface area contributed by atoms with E-state index in [1.54, 1.807) is 12.1 Å². The van der Waals surface area contributed by atoms with Gasteiger partial charge < -0.3 is 5.32 Å². The molecule has 4 nitrogen and oxygen atoms in total. The topological polar surface area (TPSA) is 72.2 Å². The van der Waals surface area contributed by atoms with E-state index in [9.17, 15) is 8.42 Å². The predicted molar refractivity (Wildman–Crippen MR) is 85.5 cm³/mol. The second kappa shape index (κ2) is 7.38. The molecule has 0 saturated heterocycles. The molecule has 1 aliphatic rings. The van der Waals surface area contributed by atoms with Crippen LogP contribution >= 0.6 is 0 Å². The van der Waals surface area contributed by atoms with Crippen LogP contribution in [0.15, 0.2) is 29.2 Å². The van der Waals surface area contributed by atoms with Gasteiger partial charge >= 0.3 is 0 Å². The Labute approximate surface area is 128 Å². The molecular formula is C16H26N2O2S. The number of hydrogen-bond acceptors (Lipinski definition) is 3. The van der Waals surface area contributed by atoms with Crippen molar-refractivity contribution in [3.8, 4) is 0 Å². The van der Waals surface area contributed by atoms with E-state index in [0.717, 1.165) is 5.56 Å². The Bertz CT molecular complexity index is 532. The van der Waals surface area contributed by atoms with Crippen LogP contribution in [0.3, 0.4) is 0 Å². The van der Waals surface area contributed by atoms with Crippen LogP contribution < -0.4 is 10.5 Å². The van der Waals surface area contributed by atoms with Crippen molar-refractivity contribution in [3.63, 3.8) is 0 Å². The van der Waals surface area contributed by atoms with Crippen molar-refractivity contribution in [2.45, 2.75) is 68.8 Å². The molecule has 2 rings (SSSR count). The van der Waals surface area contributed by atoms with Gasteiger partial charge in [0.15, 0.2) is 0 Å². The van der Waals surface area contributed by atoms with Crippen molar-refractivity contribution in [3.05, 3.63) is 29.8 Å². The number of nitrogens with two attached hydrogens (primary N) is 1. The number of nitrogens with one attached hydrogen (secondary N) is 1. The lowest BCUT2D eigenvalue weighted by Crippen LogP contribution is -2.32. The van der Waals surface area contributed by atoms with Crippen LogP contribution in [0.4, 0.5) is 0 Å². The number of rotatable bonds is 4. The highest BCUT2D eigenvalue weighted by Gasteiger charge is 2.15. The van der Waals surface area contributed by atoms with Gasteiger partial charge in [-0.1, -0.05) is 44.2 Å². The minimum atomic E-state index is -3.60. The highest BCUT2D eigenvalue weighted by atomic mass is 32.2. The summed E-state index contributed by atoms with van der Waals surface area (Å²) in [6.07, 6.45) is 9.13. The van der Waals surface area contributed by atoms with Gasteiger partial charge in [-0.2, -0.15) is 0 Å². The van der Waals surface area contributed by atoms with Crippen molar-refractivity contribution >= 4 is 10.0 Å². The summed E-state index contributed by atoms with van der Waals surface area (Å²) < 4.78 is 22.5. The quantitative estimate of drug-likeness (QED) is 0.897. The molecule has 1 unspecified atom stereocenters. The van der Waals surface area contributed by atoms with Crippen molar-refractivity contribution < 1.29 is 8.42 Å². The van der Waals surface area contributed by atoms with Crippen LogP contribution in [0.5, 0.6) is 0 Å². The van der Waals surface area contributed by atoms with Gasteiger partial charge in [-0.15, -0.1) is 0 Å². The molecule has 0 spiro atoms. The van der Waals surface area contributed by atoms with Crippen molar-refractivity contribution in [1.82, 2.24) is 5.32 Å². The van der Waals surface area contributed by atoms with Gasteiger partial charge in [-0.3, -0.25) is 0 Å². The SMILES string of the molecule is CC(NC1CCCCCCC1)c1ccc(S(N)(=O)=O)cc1. The third-order valence-electron chi connectivity index (χ3n) is 4.30. The lowest BCUT2D eigenvalue weighted by atomic mass is 9.95. The number of sulfonamides is 1. The normalized spacial score (nSPS) is 19.7. The first-order valence-electron chi connectivity index (χ1n) is 7.85. The molecule has 1 aromatic carbocycles. The molecular weight excluding hydrogens is 284 g/mol. The van der Waals surface area contributed by atoms with Gasteiger partial charge in [-0.05, 0) is 37.5 Å². The summed E-state index contributed by atoms with van der Waals surface area (Å²) in [6.45, 7) is 2.13. The molecule has 1 aliphatic carbocycles. The molecule has 1 aromatic rings. The molecule has 0 amide bonds. The zero-order chi connectivity index (χ0) is 15.3. The van der Waals surface area contributed by atoms with Gasteiger partial charge in [0.2, 0.25) is 10.0 Å². The lowest BCUT2D eigenvalue weighted by Gasteiger charge is -2.25. The molecule has 0 radical (unpaired) electrons. The van der Waals surface area contributed by atoms with Crippen LogP contribution in [0, 0.1) is 0 Å². The lowest BCUT2D eigenvalue weighted by molar-refractivity contribution is 0.362. The van der Waals surface area contributed by atoms with Gasteiger partial charge in [0.25, 0.3) is 0 Å². The Morgan fingerprint density at radius 2 is 1.57 bits per heavy atom. The summed E-state index contributed by atoms with van der Waals surface area (Å²) in [7, 11) is -3.60. The Morgan fingerprint density at radius 3 is 2.10 bits per heavy atom. The third kappa shape index (κ3) is 5.09. The Hall–Kier alpha value is -0.910. The van der Waals surface area contributed by atoms with Crippen molar-refractivity contribution in [1.29, 1.82) is 0 Å². The van der Waals surface area contributed by atoms with Crippen LogP contribution in [-0.2, 0) is 10.0 Å². The summed E-state index contributed by atoms with van der Waals surface area (Å²) in [5, 5.41) is 8.80. The van der Waals surface area contributed by atoms with E-state index in [1.165, 1.54) is 44.9 Å². The molecule has 21 heavy (non-hydrogen) atoms. The maximum absolute atomic E-state index is 11.3. The Balaban J connectivity index is 1.97. The summed E-state index contributed by atoms with van der Waals surface area (Å²) in [4.78, 5) is 0.171. The first kappa shape index (κ1) is 16.5. The monoisotopic (exact) mass is 310 g/mol. The summed E-state index contributed by atoms with van der Waals surface area (Å²) in [5.41, 5.74) is 1.10. The zero-order valence-corrected chi connectivity index (χ0v) is 13.5. The zero-order valence-electron chi connectivity index (χ0n) is 12.7. The van der Waals surface area contributed by atoms with Crippen LogP contribution in [0.1, 0.15) is 63.5 Å². The molecule has 3 N–H and O–H groups in total. The minimum absolute atomic E-state index is 0.171. The first-order chi connectivity index (χ1) is 9.97. The van der Waals surface area contributed by atoms with Gasteiger partial charge in [0.05, 0.1) is 4.90 Å². The van der Waals surface area contributed by atoms with E-state index in [-0.39, 0.29) is 10.9 Å². The van der Waals surface area contributed by atoms with E-state index in [2.05, 4.69) is 12.2 Å². The first-order valence-corrected chi connectivity index (χ1v) is 9.40. The maximum Gasteiger partial charge on any atom is 0.238 e. The molecule has 1 atom stereocenters. The highest BCUT2D eigenvalue weighted by Crippen LogP contribution is 2.21. The second-order valence-corrected chi connectivity index (χ2v) is 7.61. The van der Waals surface area contributed by atoms with Gasteiger partial charge in [-0.25, -0.2) is 13.6 Å². The molecule has 1 saturated carbocycles. The van der Waals surface area contributed by atoms with E-state index in [4.69, 9.17) is 5.14 Å². The fraction of sp³-hybridized carbons (Fsp3) is 0.625. The summed E-state index contributed by atoms with van der Waals surface area (Å²) in [5.74, 6) is 0. The molecule has 0 aliphatic heterocycles. The smallest absolute Gasteiger partial charge is 0.238 e.